The third-order valence-electron chi connectivity index (χ3n) is 2.39. The molecular formula is C11H17FSi. The average Bonchev–Trinajstić information content (AvgIpc) is 1.94. The van der Waals surface area contributed by atoms with Crippen LogP contribution in [0.15, 0.2) is 12.1 Å². The van der Waals surface area contributed by atoms with E-state index >= 15 is 0 Å². The topological polar surface area (TPSA) is 0 Å². The van der Waals surface area contributed by atoms with Crippen LogP contribution in [0.2, 0.25) is 19.6 Å². The molecule has 0 aliphatic heterocycles. The van der Waals surface area contributed by atoms with Crippen molar-refractivity contribution < 1.29 is 4.39 Å². The van der Waals surface area contributed by atoms with Gasteiger partial charge in [-0.3, -0.25) is 0 Å². The van der Waals surface area contributed by atoms with E-state index in [2.05, 4.69) is 19.6 Å². The molecule has 0 amide bonds. The molecule has 0 aliphatic rings. The predicted molar refractivity (Wildman–Crippen MR) is 58.9 cm³/mol. The van der Waals surface area contributed by atoms with Crippen LogP contribution < -0.4 is 5.19 Å². The molecule has 1 aromatic carbocycles. The Kier molecular flexibility index (Phi) is 2.62. The van der Waals surface area contributed by atoms with Crippen LogP contribution >= 0.6 is 0 Å². The lowest BCUT2D eigenvalue weighted by Gasteiger charge is -2.18. The fourth-order valence-corrected chi connectivity index (χ4v) is 2.79. The first-order valence-corrected chi connectivity index (χ1v) is 8.09. The van der Waals surface area contributed by atoms with Crippen molar-refractivity contribution in [2.45, 2.75) is 33.5 Å². The van der Waals surface area contributed by atoms with E-state index in [0.717, 1.165) is 10.8 Å². The van der Waals surface area contributed by atoms with Crippen molar-refractivity contribution >= 4 is 13.3 Å². The SMILES string of the molecule is Cc1cc(F)c([Si](C)(C)C)cc1C. The summed E-state index contributed by atoms with van der Waals surface area (Å²) in [5.41, 5.74) is 2.23. The Balaban J connectivity index is 3.32. The van der Waals surface area contributed by atoms with E-state index in [-0.39, 0.29) is 5.82 Å². The van der Waals surface area contributed by atoms with Gasteiger partial charge in [-0.15, -0.1) is 0 Å². The maximum absolute atomic E-state index is 13.6. The smallest absolute Gasteiger partial charge is 0.122 e. The number of hydrogen-bond donors (Lipinski definition) is 0. The number of rotatable bonds is 1. The van der Waals surface area contributed by atoms with Gasteiger partial charge in [-0.2, -0.15) is 0 Å². The summed E-state index contributed by atoms with van der Waals surface area (Å²) < 4.78 is 13.6. The van der Waals surface area contributed by atoms with Crippen LogP contribution in [-0.2, 0) is 0 Å². The second-order valence-electron chi connectivity index (χ2n) is 4.67. The van der Waals surface area contributed by atoms with Crippen molar-refractivity contribution in [2.24, 2.45) is 0 Å². The predicted octanol–water partition coefficient (Wildman–Crippen LogP) is 2.99. The summed E-state index contributed by atoms with van der Waals surface area (Å²) in [5.74, 6) is -0.0257. The Hall–Kier alpha value is -0.633. The zero-order valence-electron chi connectivity index (χ0n) is 9.03. The summed E-state index contributed by atoms with van der Waals surface area (Å²) >= 11 is 0. The maximum Gasteiger partial charge on any atom is 0.122 e. The fourth-order valence-electron chi connectivity index (χ4n) is 1.36. The molecule has 0 heterocycles. The molecule has 0 N–H and O–H groups in total. The molecule has 2 heteroatoms. The van der Waals surface area contributed by atoms with Crippen molar-refractivity contribution in [3.63, 3.8) is 0 Å². The molecule has 0 saturated carbocycles. The highest BCUT2D eigenvalue weighted by molar-refractivity contribution is 6.88. The van der Waals surface area contributed by atoms with Gasteiger partial charge in [-0.1, -0.05) is 25.7 Å². The van der Waals surface area contributed by atoms with E-state index in [0.29, 0.717) is 0 Å². The van der Waals surface area contributed by atoms with Gasteiger partial charge in [0.25, 0.3) is 0 Å². The van der Waals surface area contributed by atoms with Gasteiger partial charge in [0.1, 0.15) is 5.82 Å². The Morgan fingerprint density at radius 3 is 1.92 bits per heavy atom. The lowest BCUT2D eigenvalue weighted by molar-refractivity contribution is 0.633. The molecule has 1 rings (SSSR count). The zero-order chi connectivity index (χ0) is 10.2. The van der Waals surface area contributed by atoms with E-state index in [1.807, 2.05) is 19.9 Å². The summed E-state index contributed by atoms with van der Waals surface area (Å²) in [6, 6.07) is 3.67. The number of aryl methyl sites for hydroxylation is 2. The molecule has 0 bridgehead atoms. The average molecular weight is 196 g/mol. The number of benzene rings is 1. The third-order valence-corrected chi connectivity index (χ3v) is 4.39. The highest BCUT2D eigenvalue weighted by atomic mass is 28.3. The zero-order valence-corrected chi connectivity index (χ0v) is 10.0. The summed E-state index contributed by atoms with van der Waals surface area (Å²) in [7, 11) is -1.51. The van der Waals surface area contributed by atoms with Crippen LogP contribution in [0.1, 0.15) is 11.1 Å². The van der Waals surface area contributed by atoms with Gasteiger partial charge in [-0.05, 0) is 36.2 Å². The molecule has 0 aromatic heterocycles. The van der Waals surface area contributed by atoms with Crippen LogP contribution in [0.3, 0.4) is 0 Å². The van der Waals surface area contributed by atoms with Gasteiger partial charge in [0.05, 0.1) is 8.07 Å². The number of hydrogen-bond acceptors (Lipinski definition) is 0. The molecule has 0 spiro atoms. The molecule has 0 radical (unpaired) electrons. The van der Waals surface area contributed by atoms with Crippen molar-refractivity contribution in [3.05, 3.63) is 29.1 Å². The van der Waals surface area contributed by atoms with E-state index in [4.69, 9.17) is 0 Å². The van der Waals surface area contributed by atoms with Crippen LogP contribution in [0.5, 0.6) is 0 Å². The van der Waals surface area contributed by atoms with E-state index in [1.54, 1.807) is 6.07 Å². The lowest BCUT2D eigenvalue weighted by atomic mass is 10.1. The maximum atomic E-state index is 13.6. The largest absolute Gasteiger partial charge is 0.207 e. The quantitative estimate of drug-likeness (QED) is 0.606. The van der Waals surface area contributed by atoms with Crippen LogP contribution in [-0.4, -0.2) is 8.07 Å². The molecule has 0 aliphatic carbocycles. The van der Waals surface area contributed by atoms with Crippen molar-refractivity contribution in [2.75, 3.05) is 0 Å². The molecule has 13 heavy (non-hydrogen) atoms. The Labute approximate surface area is 80.8 Å². The molecule has 1 aromatic rings. The first-order chi connectivity index (χ1) is 5.82. The molecule has 0 fully saturated rings. The van der Waals surface area contributed by atoms with Crippen LogP contribution in [0.4, 0.5) is 4.39 Å². The van der Waals surface area contributed by atoms with Crippen molar-refractivity contribution in [1.82, 2.24) is 0 Å². The van der Waals surface area contributed by atoms with E-state index in [9.17, 15) is 4.39 Å². The summed E-state index contributed by atoms with van der Waals surface area (Å²) in [6.07, 6.45) is 0. The number of halogens is 1. The monoisotopic (exact) mass is 196 g/mol. The third kappa shape index (κ3) is 2.18. The van der Waals surface area contributed by atoms with Gasteiger partial charge >= 0.3 is 0 Å². The van der Waals surface area contributed by atoms with Crippen molar-refractivity contribution in [1.29, 1.82) is 0 Å². The van der Waals surface area contributed by atoms with E-state index in [1.165, 1.54) is 5.56 Å². The molecule has 0 atom stereocenters. The molecule has 72 valence electrons. The minimum Gasteiger partial charge on any atom is -0.207 e. The first kappa shape index (κ1) is 10.4. The Bertz CT molecular complexity index is 324. The van der Waals surface area contributed by atoms with E-state index < -0.39 is 8.07 Å². The van der Waals surface area contributed by atoms with Crippen LogP contribution in [0, 0.1) is 19.7 Å². The van der Waals surface area contributed by atoms with Crippen molar-refractivity contribution in [3.8, 4) is 0 Å². The second-order valence-corrected chi connectivity index (χ2v) is 9.70. The van der Waals surface area contributed by atoms with Gasteiger partial charge in [0.15, 0.2) is 0 Å². The van der Waals surface area contributed by atoms with Gasteiger partial charge in [0, 0.05) is 0 Å². The Morgan fingerprint density at radius 1 is 1.00 bits per heavy atom. The normalized spacial score (nSPS) is 11.8. The standard InChI is InChI=1S/C11H17FSi/c1-8-6-10(12)11(7-9(8)2)13(3,4)5/h6-7H,1-5H3. The second kappa shape index (κ2) is 3.26. The molecular weight excluding hydrogens is 179 g/mol. The summed E-state index contributed by atoms with van der Waals surface area (Å²) in [5, 5.41) is 0.940. The minimum absolute atomic E-state index is 0.0257. The molecule has 0 saturated heterocycles. The summed E-state index contributed by atoms with van der Waals surface area (Å²) in [6.45, 7) is 10.5. The van der Waals surface area contributed by atoms with Gasteiger partial charge in [0.2, 0.25) is 0 Å². The Morgan fingerprint density at radius 2 is 1.46 bits per heavy atom. The first-order valence-electron chi connectivity index (χ1n) is 4.59. The van der Waals surface area contributed by atoms with Crippen LogP contribution in [0.25, 0.3) is 0 Å². The summed E-state index contributed by atoms with van der Waals surface area (Å²) in [4.78, 5) is 0. The highest BCUT2D eigenvalue weighted by Gasteiger charge is 2.21. The molecule has 0 unspecified atom stereocenters. The highest BCUT2D eigenvalue weighted by Crippen LogP contribution is 2.12. The minimum atomic E-state index is -1.51. The lowest BCUT2D eigenvalue weighted by Crippen LogP contribution is -2.40. The van der Waals surface area contributed by atoms with Gasteiger partial charge < -0.3 is 0 Å². The van der Waals surface area contributed by atoms with Gasteiger partial charge in [-0.25, -0.2) is 4.39 Å². The fraction of sp³-hybridized carbons (Fsp3) is 0.455. The molecule has 0 nitrogen and oxygen atoms in total.